The summed E-state index contributed by atoms with van der Waals surface area (Å²) in [5.74, 6) is -1.64. The molecule has 208 valence electrons. The van der Waals surface area contributed by atoms with Crippen molar-refractivity contribution < 1.29 is 19.5 Å². The number of benzene rings is 3. The van der Waals surface area contributed by atoms with E-state index in [2.05, 4.69) is 10.2 Å². The Morgan fingerprint density at radius 3 is 2.20 bits per heavy atom. The second kappa shape index (κ2) is 12.6. The lowest BCUT2D eigenvalue weighted by atomic mass is 9.95. The summed E-state index contributed by atoms with van der Waals surface area (Å²) in [6.07, 6.45) is 1.96. The van der Waals surface area contributed by atoms with E-state index in [4.69, 9.17) is 10.1 Å². The lowest BCUT2D eigenvalue weighted by molar-refractivity contribution is -0.132. The third-order valence-corrected chi connectivity index (χ3v) is 7.35. The molecule has 1 aromatic heterocycles. The van der Waals surface area contributed by atoms with Crippen molar-refractivity contribution in [2.75, 3.05) is 26.2 Å². The highest BCUT2D eigenvalue weighted by Crippen LogP contribution is 2.32. The number of carboxylic acids is 1. The zero-order chi connectivity index (χ0) is 28.8. The molecule has 0 bridgehead atoms. The third-order valence-electron chi connectivity index (χ3n) is 7.35. The van der Waals surface area contributed by atoms with E-state index in [1.54, 1.807) is 4.90 Å². The van der Waals surface area contributed by atoms with E-state index < -0.39 is 5.97 Å². The van der Waals surface area contributed by atoms with E-state index in [0.717, 1.165) is 45.4 Å². The normalized spacial score (nSPS) is 14.7. The standard InChI is InChI=1S/C33H32N4O4/c1-23(24-10-4-2-5-11-24)34-33(41)31-26-14-8-9-15-28(26)35-32(25-12-6-3-7-13-25)27(31)22-36-18-20-37(21-19-36)29(38)16-17-30(39)40/h2-17,23H,18-22H2,1H3,(H,34,41)(H,39,40)/t23-/m0/s1. The number of carbonyl (C=O) groups excluding carboxylic acids is 2. The minimum absolute atomic E-state index is 0.167. The average Bonchev–Trinajstić information content (AvgIpc) is 3.00. The second-order valence-corrected chi connectivity index (χ2v) is 10.1. The van der Waals surface area contributed by atoms with Crippen LogP contribution < -0.4 is 5.32 Å². The van der Waals surface area contributed by atoms with Gasteiger partial charge in [0.25, 0.3) is 5.91 Å². The molecule has 0 unspecified atom stereocenters. The van der Waals surface area contributed by atoms with Gasteiger partial charge in [0, 0.05) is 61.4 Å². The summed E-state index contributed by atoms with van der Waals surface area (Å²) < 4.78 is 0. The smallest absolute Gasteiger partial charge is 0.328 e. The van der Waals surface area contributed by atoms with Crippen LogP contribution in [0, 0.1) is 0 Å². The lowest BCUT2D eigenvalue weighted by Crippen LogP contribution is -2.48. The number of nitrogens with one attached hydrogen (secondary N) is 1. The van der Waals surface area contributed by atoms with Crippen LogP contribution >= 0.6 is 0 Å². The van der Waals surface area contributed by atoms with Crippen LogP contribution in [0.15, 0.2) is 97.1 Å². The Kier molecular flexibility index (Phi) is 8.50. The molecule has 1 fully saturated rings. The highest BCUT2D eigenvalue weighted by atomic mass is 16.4. The van der Waals surface area contributed by atoms with Crippen LogP contribution in [-0.4, -0.2) is 63.9 Å². The van der Waals surface area contributed by atoms with E-state index in [1.807, 2.05) is 91.9 Å². The van der Waals surface area contributed by atoms with E-state index in [1.165, 1.54) is 0 Å². The predicted octanol–water partition coefficient (Wildman–Crippen LogP) is 4.68. The third kappa shape index (κ3) is 6.50. The lowest BCUT2D eigenvalue weighted by Gasteiger charge is -2.35. The first kappa shape index (κ1) is 27.7. The molecule has 8 heteroatoms. The number of nitrogens with zero attached hydrogens (tertiary/aromatic N) is 3. The molecule has 4 aromatic rings. The van der Waals surface area contributed by atoms with Crippen molar-refractivity contribution in [1.29, 1.82) is 0 Å². The monoisotopic (exact) mass is 548 g/mol. The molecule has 41 heavy (non-hydrogen) atoms. The summed E-state index contributed by atoms with van der Waals surface area (Å²) in [4.78, 5) is 46.2. The second-order valence-electron chi connectivity index (χ2n) is 10.1. The van der Waals surface area contributed by atoms with E-state index >= 15 is 0 Å². The van der Waals surface area contributed by atoms with Gasteiger partial charge in [0.1, 0.15) is 0 Å². The Morgan fingerprint density at radius 2 is 1.51 bits per heavy atom. The van der Waals surface area contributed by atoms with Crippen molar-refractivity contribution in [3.63, 3.8) is 0 Å². The van der Waals surface area contributed by atoms with Crippen molar-refractivity contribution in [3.8, 4) is 11.3 Å². The van der Waals surface area contributed by atoms with Gasteiger partial charge >= 0.3 is 5.97 Å². The molecule has 1 saturated heterocycles. The van der Waals surface area contributed by atoms with Gasteiger partial charge in [-0.1, -0.05) is 78.9 Å². The zero-order valence-electron chi connectivity index (χ0n) is 22.9. The molecule has 3 aromatic carbocycles. The number of amides is 2. The minimum atomic E-state index is -1.15. The maximum absolute atomic E-state index is 14.1. The van der Waals surface area contributed by atoms with Gasteiger partial charge in [0.2, 0.25) is 5.91 Å². The Morgan fingerprint density at radius 1 is 0.878 bits per heavy atom. The van der Waals surface area contributed by atoms with Crippen molar-refractivity contribution >= 4 is 28.7 Å². The van der Waals surface area contributed by atoms with Crippen LogP contribution in [0.25, 0.3) is 22.2 Å². The van der Waals surface area contributed by atoms with Crippen LogP contribution in [0.5, 0.6) is 0 Å². The first-order valence-corrected chi connectivity index (χ1v) is 13.7. The number of carboxylic acid groups (broad SMARTS) is 1. The summed E-state index contributed by atoms with van der Waals surface area (Å²) >= 11 is 0. The van der Waals surface area contributed by atoms with Crippen molar-refractivity contribution in [3.05, 3.63) is 114 Å². The number of pyridine rings is 1. The van der Waals surface area contributed by atoms with Crippen LogP contribution in [0.4, 0.5) is 0 Å². The summed E-state index contributed by atoms with van der Waals surface area (Å²) in [5, 5.41) is 12.8. The first-order valence-electron chi connectivity index (χ1n) is 13.7. The van der Waals surface area contributed by atoms with Gasteiger partial charge in [-0.3, -0.25) is 14.5 Å². The van der Waals surface area contributed by atoms with Gasteiger partial charge in [-0.15, -0.1) is 0 Å². The van der Waals surface area contributed by atoms with Gasteiger partial charge in [-0.25, -0.2) is 9.78 Å². The largest absolute Gasteiger partial charge is 0.478 e. The van der Waals surface area contributed by atoms with E-state index in [-0.39, 0.29) is 17.9 Å². The Labute approximate surface area is 238 Å². The van der Waals surface area contributed by atoms with Gasteiger partial charge in [-0.2, -0.15) is 0 Å². The zero-order valence-corrected chi connectivity index (χ0v) is 22.9. The van der Waals surface area contributed by atoms with E-state index in [0.29, 0.717) is 38.3 Å². The summed E-state index contributed by atoms with van der Waals surface area (Å²) in [7, 11) is 0. The Balaban J connectivity index is 1.51. The maximum atomic E-state index is 14.1. The number of aliphatic carboxylic acids is 1. The number of rotatable bonds is 8. The van der Waals surface area contributed by atoms with Crippen LogP contribution in [0.3, 0.4) is 0 Å². The fourth-order valence-electron chi connectivity index (χ4n) is 5.19. The fourth-order valence-corrected chi connectivity index (χ4v) is 5.19. The maximum Gasteiger partial charge on any atom is 0.328 e. The molecule has 1 aliphatic heterocycles. The van der Waals surface area contributed by atoms with Crippen LogP contribution in [0.2, 0.25) is 0 Å². The number of hydrogen-bond acceptors (Lipinski definition) is 5. The Bertz CT molecular complexity index is 1580. The van der Waals surface area contributed by atoms with Gasteiger partial charge in [0.05, 0.1) is 22.8 Å². The highest BCUT2D eigenvalue weighted by molar-refractivity contribution is 6.09. The molecule has 8 nitrogen and oxygen atoms in total. The Hall–Kier alpha value is -4.82. The average molecular weight is 549 g/mol. The molecule has 0 spiro atoms. The summed E-state index contributed by atoms with van der Waals surface area (Å²) in [5.41, 5.74) is 4.86. The summed E-state index contributed by atoms with van der Waals surface area (Å²) in [6.45, 7) is 4.51. The topological polar surface area (TPSA) is 103 Å². The molecule has 2 N–H and O–H groups in total. The van der Waals surface area contributed by atoms with Crippen molar-refractivity contribution in [2.45, 2.75) is 19.5 Å². The number of aromatic nitrogens is 1. The van der Waals surface area contributed by atoms with Crippen molar-refractivity contribution in [2.24, 2.45) is 0 Å². The van der Waals surface area contributed by atoms with Crippen molar-refractivity contribution in [1.82, 2.24) is 20.1 Å². The highest BCUT2D eigenvalue weighted by Gasteiger charge is 2.26. The molecule has 0 saturated carbocycles. The quantitative estimate of drug-likeness (QED) is 0.310. The number of para-hydroxylation sites is 1. The molecular weight excluding hydrogens is 516 g/mol. The molecule has 2 heterocycles. The summed E-state index contributed by atoms with van der Waals surface area (Å²) in [6, 6.07) is 27.3. The molecule has 0 aliphatic carbocycles. The van der Waals surface area contributed by atoms with Crippen LogP contribution in [-0.2, 0) is 16.1 Å². The SMILES string of the molecule is C[C@H](NC(=O)c1c(CN2CCN(C(=O)C=CC(=O)O)CC2)c(-c2ccccc2)nc2ccccc12)c1ccccc1. The number of carbonyl (C=O) groups is 3. The molecule has 2 amide bonds. The van der Waals surface area contributed by atoms with Crippen LogP contribution in [0.1, 0.15) is 34.5 Å². The molecule has 1 aliphatic rings. The number of hydrogen-bond donors (Lipinski definition) is 2. The van der Waals surface area contributed by atoms with Gasteiger partial charge < -0.3 is 15.3 Å². The first-order chi connectivity index (χ1) is 19.9. The molecule has 0 radical (unpaired) electrons. The van der Waals surface area contributed by atoms with E-state index in [9.17, 15) is 14.4 Å². The van der Waals surface area contributed by atoms with Gasteiger partial charge in [-0.05, 0) is 18.6 Å². The fraction of sp³-hybridized carbons (Fsp3) is 0.212. The molecule has 1 atom stereocenters. The molecule has 5 rings (SSSR count). The van der Waals surface area contributed by atoms with Gasteiger partial charge in [0.15, 0.2) is 0 Å². The number of piperazine rings is 1. The minimum Gasteiger partial charge on any atom is -0.478 e. The predicted molar refractivity (Wildman–Crippen MR) is 158 cm³/mol. The molecular formula is C33H32N4O4. The number of fused-ring (bicyclic) bond motifs is 1.